The topological polar surface area (TPSA) is 103 Å². The predicted octanol–water partition coefficient (Wildman–Crippen LogP) is 6.33. The molecular weight excluding hydrogens is 561 g/mol. The van der Waals surface area contributed by atoms with Crippen molar-refractivity contribution < 1.29 is 19.2 Å². The van der Waals surface area contributed by atoms with E-state index in [-0.39, 0.29) is 18.7 Å². The number of hydrogen-bond acceptors (Lipinski definition) is 6. The number of rotatable bonds is 10. The first-order valence-corrected chi connectivity index (χ1v) is 11.9. The number of amides is 1. The van der Waals surface area contributed by atoms with E-state index in [1.54, 1.807) is 42.5 Å². The van der Waals surface area contributed by atoms with E-state index in [9.17, 15) is 14.9 Å². The molecule has 3 aromatic rings. The molecule has 0 aliphatic heterocycles. The molecule has 0 unspecified atom stereocenters. The Hall–Kier alpha value is -3.14. The molecule has 0 atom stereocenters. The maximum atomic E-state index is 12.2. The Balaban J connectivity index is 1.70. The van der Waals surface area contributed by atoms with Crippen molar-refractivity contribution in [1.29, 1.82) is 0 Å². The Morgan fingerprint density at radius 1 is 1.11 bits per heavy atom. The third-order valence-electron chi connectivity index (χ3n) is 4.69. The quantitative estimate of drug-likeness (QED) is 0.171. The number of hydrazone groups is 1. The average molecular weight is 581 g/mol. The summed E-state index contributed by atoms with van der Waals surface area (Å²) in [6.45, 7) is 2.46. The monoisotopic (exact) mass is 579 g/mol. The molecule has 1 N–H and O–H groups in total. The van der Waals surface area contributed by atoms with E-state index in [0.29, 0.717) is 43.8 Å². The van der Waals surface area contributed by atoms with Crippen LogP contribution in [0.1, 0.15) is 23.6 Å². The maximum Gasteiger partial charge on any atom is 0.273 e. The highest BCUT2D eigenvalue weighted by molar-refractivity contribution is 9.10. The molecule has 0 aliphatic rings. The van der Waals surface area contributed by atoms with E-state index in [1.807, 2.05) is 6.92 Å². The lowest BCUT2D eigenvalue weighted by Gasteiger charge is -2.14. The van der Waals surface area contributed by atoms with Gasteiger partial charge in [0.25, 0.3) is 5.69 Å². The number of halogens is 3. The second-order valence-electron chi connectivity index (χ2n) is 7.13. The van der Waals surface area contributed by atoms with Crippen LogP contribution in [0.15, 0.2) is 64.2 Å². The zero-order valence-electron chi connectivity index (χ0n) is 18.5. The first-order valence-electron chi connectivity index (χ1n) is 10.4. The zero-order chi connectivity index (χ0) is 25.4. The van der Waals surface area contributed by atoms with E-state index >= 15 is 0 Å². The lowest BCUT2D eigenvalue weighted by Crippen LogP contribution is -2.20. The van der Waals surface area contributed by atoms with Crippen LogP contribution < -0.4 is 14.9 Å². The number of nitrogens with zero attached hydrogens (tertiary/aromatic N) is 2. The first kappa shape index (κ1) is 26.5. The summed E-state index contributed by atoms with van der Waals surface area (Å²) in [6, 6.07) is 14.7. The van der Waals surface area contributed by atoms with Crippen LogP contribution in [0.4, 0.5) is 5.69 Å². The molecule has 0 saturated carbocycles. The highest BCUT2D eigenvalue weighted by Crippen LogP contribution is 2.34. The van der Waals surface area contributed by atoms with Gasteiger partial charge >= 0.3 is 0 Å². The third kappa shape index (κ3) is 7.42. The van der Waals surface area contributed by atoms with Gasteiger partial charge < -0.3 is 9.47 Å². The van der Waals surface area contributed by atoms with Gasteiger partial charge in [0.1, 0.15) is 6.61 Å². The van der Waals surface area contributed by atoms with Crippen LogP contribution in [0.5, 0.6) is 11.5 Å². The van der Waals surface area contributed by atoms with Crippen LogP contribution in [-0.2, 0) is 17.8 Å². The Morgan fingerprint density at radius 3 is 2.57 bits per heavy atom. The minimum Gasteiger partial charge on any atom is -0.490 e. The van der Waals surface area contributed by atoms with Crippen LogP contribution in [0, 0.1) is 10.1 Å². The number of nitro benzene ring substituents is 1. The summed E-state index contributed by atoms with van der Waals surface area (Å²) < 4.78 is 12.3. The largest absolute Gasteiger partial charge is 0.490 e. The summed E-state index contributed by atoms with van der Waals surface area (Å²) in [4.78, 5) is 22.8. The van der Waals surface area contributed by atoms with Gasteiger partial charge in [-0.05, 0) is 47.1 Å². The molecule has 0 saturated heterocycles. The molecule has 1 amide bonds. The van der Waals surface area contributed by atoms with Crippen molar-refractivity contribution in [2.24, 2.45) is 5.10 Å². The third-order valence-corrected chi connectivity index (χ3v) is 5.97. The van der Waals surface area contributed by atoms with E-state index < -0.39 is 10.8 Å². The molecule has 8 nitrogen and oxygen atoms in total. The molecule has 0 aromatic heterocycles. The van der Waals surface area contributed by atoms with Crippen molar-refractivity contribution in [1.82, 2.24) is 5.43 Å². The Kier molecular flexibility index (Phi) is 9.47. The van der Waals surface area contributed by atoms with Gasteiger partial charge in [-0.25, -0.2) is 5.43 Å². The second kappa shape index (κ2) is 12.5. The van der Waals surface area contributed by atoms with Gasteiger partial charge in [-0.1, -0.05) is 47.5 Å². The molecule has 35 heavy (non-hydrogen) atoms. The van der Waals surface area contributed by atoms with Crippen molar-refractivity contribution in [2.75, 3.05) is 6.61 Å². The Labute approximate surface area is 220 Å². The van der Waals surface area contributed by atoms with Gasteiger partial charge in [0, 0.05) is 37.3 Å². The Morgan fingerprint density at radius 2 is 1.86 bits per heavy atom. The number of hydrogen-bond donors (Lipinski definition) is 1. The van der Waals surface area contributed by atoms with E-state index in [1.165, 1.54) is 18.3 Å². The highest BCUT2D eigenvalue weighted by atomic mass is 79.9. The van der Waals surface area contributed by atoms with Crippen molar-refractivity contribution in [3.63, 3.8) is 0 Å². The zero-order valence-corrected chi connectivity index (χ0v) is 21.6. The number of nitro groups is 1. The van der Waals surface area contributed by atoms with Crippen molar-refractivity contribution in [3.8, 4) is 11.5 Å². The fourth-order valence-corrected chi connectivity index (χ4v) is 3.94. The summed E-state index contributed by atoms with van der Waals surface area (Å²) in [5.41, 5.74) is 3.95. The fourth-order valence-electron chi connectivity index (χ4n) is 3.05. The van der Waals surface area contributed by atoms with Crippen molar-refractivity contribution >= 4 is 56.9 Å². The average Bonchev–Trinajstić information content (AvgIpc) is 2.81. The van der Waals surface area contributed by atoms with E-state index in [0.717, 1.165) is 5.56 Å². The number of nitrogens with one attached hydrogen (secondary N) is 1. The second-order valence-corrected chi connectivity index (χ2v) is 8.83. The number of para-hydroxylation sites is 1. The highest BCUT2D eigenvalue weighted by Gasteiger charge is 2.15. The van der Waals surface area contributed by atoms with Gasteiger partial charge in [0.2, 0.25) is 5.91 Å². The Bertz CT molecular complexity index is 1270. The standard InChI is InChI=1S/C24H20BrCl2N3O5/c1-2-34-22-9-17(13-28-29-24(31)10-15-5-3-4-6-21(15)30(32)33)19(25)12-23(22)35-14-16-7-8-18(26)11-20(16)27/h3-9,11-13H,2,10,14H2,1H3,(H,29,31)/b28-13+. The lowest BCUT2D eigenvalue weighted by atomic mass is 10.1. The van der Waals surface area contributed by atoms with E-state index in [2.05, 4.69) is 26.5 Å². The molecule has 0 aliphatic carbocycles. The molecule has 0 fully saturated rings. The summed E-state index contributed by atoms with van der Waals surface area (Å²) in [6.07, 6.45) is 1.25. The molecule has 182 valence electrons. The van der Waals surface area contributed by atoms with Crippen molar-refractivity contribution in [3.05, 3.63) is 95.9 Å². The summed E-state index contributed by atoms with van der Waals surface area (Å²) in [7, 11) is 0. The summed E-state index contributed by atoms with van der Waals surface area (Å²) in [5.74, 6) is 0.479. The molecule has 0 spiro atoms. The summed E-state index contributed by atoms with van der Waals surface area (Å²) >= 11 is 15.6. The van der Waals surface area contributed by atoms with Crippen molar-refractivity contribution in [2.45, 2.75) is 20.0 Å². The normalized spacial score (nSPS) is 10.9. The van der Waals surface area contributed by atoms with Crippen LogP contribution in [-0.4, -0.2) is 23.7 Å². The van der Waals surface area contributed by atoms with Gasteiger partial charge in [0.15, 0.2) is 11.5 Å². The number of benzene rings is 3. The molecule has 0 radical (unpaired) electrons. The fraction of sp³-hybridized carbons (Fsp3) is 0.167. The number of carbonyl (C=O) groups excluding carboxylic acids is 1. The molecule has 0 bridgehead atoms. The van der Waals surface area contributed by atoms with Gasteiger partial charge in [-0.15, -0.1) is 0 Å². The van der Waals surface area contributed by atoms with Crippen LogP contribution >= 0.6 is 39.1 Å². The predicted molar refractivity (Wildman–Crippen MR) is 139 cm³/mol. The van der Waals surface area contributed by atoms with Crippen LogP contribution in [0.3, 0.4) is 0 Å². The minimum absolute atomic E-state index is 0.119. The lowest BCUT2D eigenvalue weighted by molar-refractivity contribution is -0.385. The number of carbonyl (C=O) groups is 1. The van der Waals surface area contributed by atoms with Crippen LogP contribution in [0.2, 0.25) is 10.0 Å². The van der Waals surface area contributed by atoms with Crippen LogP contribution in [0.25, 0.3) is 0 Å². The van der Waals surface area contributed by atoms with E-state index in [4.69, 9.17) is 32.7 Å². The van der Waals surface area contributed by atoms with Gasteiger partial charge in [0.05, 0.1) is 24.2 Å². The minimum atomic E-state index is -0.525. The molecule has 3 rings (SSSR count). The molecule has 11 heteroatoms. The SMILES string of the molecule is CCOc1cc(/C=N/NC(=O)Cc2ccccc2[N+](=O)[O-])c(Br)cc1OCc1ccc(Cl)cc1Cl. The van der Waals surface area contributed by atoms with Gasteiger partial charge in [-0.3, -0.25) is 14.9 Å². The smallest absolute Gasteiger partial charge is 0.273 e. The summed E-state index contributed by atoms with van der Waals surface area (Å²) in [5, 5.41) is 16.1. The molecule has 3 aromatic carbocycles. The molecule has 0 heterocycles. The first-order chi connectivity index (χ1) is 16.8. The maximum absolute atomic E-state index is 12.2. The number of ether oxygens (including phenoxy) is 2. The van der Waals surface area contributed by atoms with Gasteiger partial charge in [-0.2, -0.15) is 5.10 Å². The molecular formula is C24H20BrCl2N3O5.